The Hall–Kier alpha value is -2.05. The maximum absolute atomic E-state index is 5.42. The highest BCUT2D eigenvalue weighted by molar-refractivity contribution is 7.09. The van der Waals surface area contributed by atoms with Gasteiger partial charge in [0.2, 0.25) is 0 Å². The zero-order valence-corrected chi connectivity index (χ0v) is 16.2. The van der Waals surface area contributed by atoms with E-state index in [-0.39, 0.29) is 0 Å². The number of hydrogen-bond acceptors (Lipinski definition) is 4. The molecular formula is C20H28N4OS. The van der Waals surface area contributed by atoms with E-state index in [9.17, 15) is 0 Å². The second-order valence-corrected chi connectivity index (χ2v) is 7.25. The Morgan fingerprint density at radius 3 is 2.65 bits per heavy atom. The number of aliphatic imine (C=N–C) groups is 1. The summed E-state index contributed by atoms with van der Waals surface area (Å²) >= 11 is 1.80. The molecule has 1 saturated heterocycles. The lowest BCUT2D eigenvalue weighted by atomic mass is 10.2. The molecule has 0 atom stereocenters. The molecule has 140 valence electrons. The Balaban J connectivity index is 1.51. The molecule has 0 spiro atoms. The highest BCUT2D eigenvalue weighted by atomic mass is 32.1. The molecule has 6 heteroatoms. The molecule has 0 radical (unpaired) electrons. The molecule has 1 aromatic carbocycles. The van der Waals surface area contributed by atoms with Gasteiger partial charge >= 0.3 is 0 Å². The van der Waals surface area contributed by atoms with Crippen LogP contribution in [0.25, 0.3) is 0 Å². The van der Waals surface area contributed by atoms with Crippen molar-refractivity contribution in [2.75, 3.05) is 44.3 Å². The summed E-state index contributed by atoms with van der Waals surface area (Å²) in [6.45, 7) is 8.09. The summed E-state index contributed by atoms with van der Waals surface area (Å²) in [5, 5.41) is 8.85. The lowest BCUT2D eigenvalue weighted by Gasteiger charge is -2.28. The molecule has 0 unspecified atom stereocenters. The van der Waals surface area contributed by atoms with Crippen molar-refractivity contribution in [1.82, 2.24) is 10.6 Å². The van der Waals surface area contributed by atoms with Gasteiger partial charge in [0, 0.05) is 36.7 Å². The number of rotatable bonds is 7. The minimum atomic E-state index is 0.678. The fourth-order valence-electron chi connectivity index (χ4n) is 2.90. The fraction of sp³-hybridized carbons (Fsp3) is 0.450. The van der Waals surface area contributed by atoms with Crippen LogP contribution in [0.2, 0.25) is 0 Å². The lowest BCUT2D eigenvalue weighted by molar-refractivity contribution is 0.122. The Bertz CT molecular complexity index is 664. The van der Waals surface area contributed by atoms with Gasteiger partial charge in [-0.15, -0.1) is 11.3 Å². The molecule has 2 heterocycles. The fourth-order valence-corrected chi connectivity index (χ4v) is 3.61. The van der Waals surface area contributed by atoms with E-state index < -0.39 is 0 Å². The van der Waals surface area contributed by atoms with E-state index in [4.69, 9.17) is 9.73 Å². The lowest BCUT2D eigenvalue weighted by Crippen LogP contribution is -2.38. The van der Waals surface area contributed by atoms with Crippen LogP contribution < -0.4 is 15.5 Å². The van der Waals surface area contributed by atoms with Crippen LogP contribution in [-0.4, -0.2) is 45.4 Å². The number of ether oxygens (including phenoxy) is 1. The Morgan fingerprint density at radius 1 is 1.15 bits per heavy atom. The Labute approximate surface area is 160 Å². The molecule has 0 amide bonds. The standard InChI is InChI=1S/C20H28N4OS/c1-2-21-20(22-10-9-19-4-3-15-26-19)23-16-17-5-7-18(8-6-17)24-11-13-25-14-12-24/h3-8,15H,2,9-14,16H2,1H3,(H2,21,22,23). The first kappa shape index (κ1) is 18.7. The summed E-state index contributed by atoms with van der Waals surface area (Å²) in [7, 11) is 0. The van der Waals surface area contributed by atoms with Gasteiger partial charge < -0.3 is 20.3 Å². The van der Waals surface area contributed by atoms with E-state index in [1.807, 2.05) is 0 Å². The minimum absolute atomic E-state index is 0.678. The van der Waals surface area contributed by atoms with E-state index in [1.165, 1.54) is 16.1 Å². The van der Waals surface area contributed by atoms with Gasteiger partial charge in [0.25, 0.3) is 0 Å². The van der Waals surface area contributed by atoms with Crippen molar-refractivity contribution in [2.24, 2.45) is 4.99 Å². The van der Waals surface area contributed by atoms with Gasteiger partial charge in [0.15, 0.2) is 5.96 Å². The highest BCUT2D eigenvalue weighted by Crippen LogP contribution is 2.17. The van der Waals surface area contributed by atoms with Crippen LogP contribution in [0.3, 0.4) is 0 Å². The summed E-state index contributed by atoms with van der Waals surface area (Å²) in [5.41, 5.74) is 2.49. The molecule has 3 rings (SSSR count). The van der Waals surface area contributed by atoms with Crippen LogP contribution in [0.15, 0.2) is 46.8 Å². The number of thiophene rings is 1. The summed E-state index contributed by atoms with van der Waals surface area (Å²) < 4.78 is 5.42. The smallest absolute Gasteiger partial charge is 0.191 e. The topological polar surface area (TPSA) is 48.9 Å². The highest BCUT2D eigenvalue weighted by Gasteiger charge is 2.10. The van der Waals surface area contributed by atoms with E-state index in [0.29, 0.717) is 6.54 Å². The SMILES string of the molecule is CCNC(=NCc1ccc(N2CCOCC2)cc1)NCCc1cccs1. The van der Waals surface area contributed by atoms with Crippen molar-refractivity contribution < 1.29 is 4.74 Å². The first-order valence-electron chi connectivity index (χ1n) is 9.31. The quantitative estimate of drug-likeness (QED) is 0.580. The molecule has 1 aromatic heterocycles. The number of guanidine groups is 1. The number of hydrogen-bond donors (Lipinski definition) is 2. The van der Waals surface area contributed by atoms with Crippen LogP contribution >= 0.6 is 11.3 Å². The Morgan fingerprint density at radius 2 is 1.96 bits per heavy atom. The number of nitrogens with zero attached hydrogens (tertiary/aromatic N) is 2. The summed E-state index contributed by atoms with van der Waals surface area (Å²) in [6.07, 6.45) is 1.02. The molecule has 2 N–H and O–H groups in total. The summed E-state index contributed by atoms with van der Waals surface area (Å²) in [4.78, 5) is 8.47. The molecule has 1 fully saturated rings. The second-order valence-electron chi connectivity index (χ2n) is 6.22. The maximum Gasteiger partial charge on any atom is 0.191 e. The predicted molar refractivity (Wildman–Crippen MR) is 110 cm³/mol. The summed E-state index contributed by atoms with van der Waals surface area (Å²) in [5.74, 6) is 0.876. The van der Waals surface area contributed by atoms with E-state index in [1.54, 1.807) is 11.3 Å². The molecular weight excluding hydrogens is 344 g/mol. The average molecular weight is 373 g/mol. The average Bonchev–Trinajstić information content (AvgIpc) is 3.21. The summed E-state index contributed by atoms with van der Waals surface area (Å²) in [6, 6.07) is 13.0. The molecule has 0 aliphatic carbocycles. The van der Waals surface area contributed by atoms with Crippen LogP contribution in [0, 0.1) is 0 Å². The molecule has 1 aliphatic rings. The first-order valence-corrected chi connectivity index (χ1v) is 10.2. The number of benzene rings is 1. The first-order chi connectivity index (χ1) is 12.8. The molecule has 0 bridgehead atoms. The number of morpholine rings is 1. The molecule has 0 saturated carbocycles. The zero-order valence-electron chi connectivity index (χ0n) is 15.4. The normalized spacial score (nSPS) is 15.1. The largest absolute Gasteiger partial charge is 0.378 e. The second kappa shape index (κ2) is 10.2. The predicted octanol–water partition coefficient (Wildman–Crippen LogP) is 2.88. The molecule has 1 aliphatic heterocycles. The van der Waals surface area contributed by atoms with Crippen molar-refractivity contribution in [1.29, 1.82) is 0 Å². The van der Waals surface area contributed by atoms with Crippen molar-refractivity contribution in [2.45, 2.75) is 19.9 Å². The van der Waals surface area contributed by atoms with Gasteiger partial charge in [-0.1, -0.05) is 18.2 Å². The van der Waals surface area contributed by atoms with Crippen molar-refractivity contribution >= 4 is 23.0 Å². The van der Waals surface area contributed by atoms with E-state index in [0.717, 1.165) is 51.8 Å². The monoisotopic (exact) mass is 372 g/mol. The van der Waals surface area contributed by atoms with Crippen molar-refractivity contribution in [3.63, 3.8) is 0 Å². The van der Waals surface area contributed by atoms with Crippen LogP contribution in [0.4, 0.5) is 5.69 Å². The van der Waals surface area contributed by atoms with Crippen molar-refractivity contribution in [3.8, 4) is 0 Å². The Kier molecular flexibility index (Phi) is 7.34. The van der Waals surface area contributed by atoms with E-state index >= 15 is 0 Å². The number of anilines is 1. The van der Waals surface area contributed by atoms with Gasteiger partial charge in [-0.25, -0.2) is 4.99 Å². The van der Waals surface area contributed by atoms with Crippen molar-refractivity contribution in [3.05, 3.63) is 52.2 Å². The third kappa shape index (κ3) is 5.75. The van der Waals surface area contributed by atoms with E-state index in [2.05, 4.69) is 64.2 Å². The third-order valence-electron chi connectivity index (χ3n) is 4.32. The molecule has 5 nitrogen and oxygen atoms in total. The van der Waals surface area contributed by atoms with Gasteiger partial charge in [-0.05, 0) is 42.5 Å². The van der Waals surface area contributed by atoms with Gasteiger partial charge in [-0.2, -0.15) is 0 Å². The molecule has 2 aromatic rings. The van der Waals surface area contributed by atoms with Crippen LogP contribution in [-0.2, 0) is 17.7 Å². The third-order valence-corrected chi connectivity index (χ3v) is 5.26. The maximum atomic E-state index is 5.42. The minimum Gasteiger partial charge on any atom is -0.378 e. The van der Waals surface area contributed by atoms with Gasteiger partial charge in [-0.3, -0.25) is 0 Å². The molecule has 26 heavy (non-hydrogen) atoms. The zero-order chi connectivity index (χ0) is 18.0. The van der Waals surface area contributed by atoms with Crippen LogP contribution in [0.1, 0.15) is 17.4 Å². The van der Waals surface area contributed by atoms with Gasteiger partial charge in [0.05, 0.1) is 19.8 Å². The van der Waals surface area contributed by atoms with Gasteiger partial charge in [0.1, 0.15) is 0 Å². The van der Waals surface area contributed by atoms with Crippen LogP contribution in [0.5, 0.6) is 0 Å². The number of nitrogens with one attached hydrogen (secondary N) is 2.